The van der Waals surface area contributed by atoms with E-state index < -0.39 is 134 Å². The fraction of sp³-hybridized carbons (Fsp3) is 0.492. The second-order valence-electron chi connectivity index (χ2n) is 21.3. The average Bonchev–Trinajstić information content (AvgIpc) is 1.16. The first-order valence-corrected chi connectivity index (χ1v) is 31.2. The average molecular weight is 1270 g/mol. The molecule has 15 N–H and O–H groups in total. The molecule has 2 aliphatic rings. The largest absolute Gasteiger partial charge is 0.477 e. The number of amides is 5. The number of benzene rings is 4. The van der Waals surface area contributed by atoms with Gasteiger partial charge in [-0.1, -0.05) is 84.9 Å². The third kappa shape index (κ3) is 21.0. The second kappa shape index (κ2) is 35.0. The first-order chi connectivity index (χ1) is 42.1. The second-order valence-corrected chi connectivity index (χ2v) is 23.7. The molecule has 88 heavy (non-hydrogen) atoms. The molecule has 6 rings (SSSR count). The van der Waals surface area contributed by atoms with Gasteiger partial charge in [0.15, 0.2) is 0 Å². The number of nitrogens with two attached hydrogens (primary N) is 1. The molecule has 5 amide bonds. The Hall–Kier alpha value is -6.57. The Morgan fingerprint density at radius 3 is 1.57 bits per heavy atom. The van der Waals surface area contributed by atoms with Crippen LogP contribution < -0.4 is 32.3 Å². The molecule has 25 nitrogen and oxygen atoms in total. The van der Waals surface area contributed by atoms with Crippen LogP contribution in [-0.4, -0.2) is 217 Å². The highest BCUT2D eigenvalue weighted by atomic mass is 32.2. The molecule has 480 valence electrons. The van der Waals surface area contributed by atoms with Gasteiger partial charge in [0, 0.05) is 81.4 Å². The minimum Gasteiger partial charge on any atom is -0.477 e. The Balaban J connectivity index is 0.810. The minimum absolute atomic E-state index is 0.0261. The maximum atomic E-state index is 13.0. The Morgan fingerprint density at radius 1 is 0.614 bits per heavy atom. The fourth-order valence-electron chi connectivity index (χ4n) is 9.80. The summed E-state index contributed by atoms with van der Waals surface area (Å²) < 4.78 is 22.9. The summed E-state index contributed by atoms with van der Waals surface area (Å²) in [5.41, 5.74) is 10.3. The maximum absolute atomic E-state index is 13.0. The van der Waals surface area contributed by atoms with E-state index in [1.165, 1.54) is 23.5 Å². The molecule has 2 heterocycles. The van der Waals surface area contributed by atoms with Gasteiger partial charge in [0.25, 0.3) is 23.4 Å². The number of thioether (sulfide) groups is 2. The van der Waals surface area contributed by atoms with Gasteiger partial charge in [-0.25, -0.2) is 9.59 Å². The van der Waals surface area contributed by atoms with Crippen LogP contribution in [0, 0.1) is 0 Å². The third-order valence-corrected chi connectivity index (χ3v) is 16.7. The fourth-order valence-corrected chi connectivity index (χ4v) is 11.3. The van der Waals surface area contributed by atoms with E-state index in [1.807, 2.05) is 60.7 Å². The lowest BCUT2D eigenvalue weighted by atomic mass is 9.88. The molecule has 4 aromatic carbocycles. The van der Waals surface area contributed by atoms with Gasteiger partial charge in [0.05, 0.1) is 55.8 Å². The van der Waals surface area contributed by atoms with Gasteiger partial charge < -0.3 is 92.1 Å². The topological polar surface area (TPSA) is 404 Å². The quantitative estimate of drug-likeness (QED) is 0.0286. The van der Waals surface area contributed by atoms with Crippen LogP contribution in [0.3, 0.4) is 0 Å². The van der Waals surface area contributed by atoms with Gasteiger partial charge in [-0.15, -0.1) is 0 Å². The molecule has 27 heteroatoms. The van der Waals surface area contributed by atoms with E-state index >= 15 is 0 Å². The number of carbonyl (C=O) groups is 7. The summed E-state index contributed by atoms with van der Waals surface area (Å²) in [6.45, 7) is 0.484. The zero-order chi connectivity index (χ0) is 63.8. The first-order valence-electron chi connectivity index (χ1n) is 28.9. The molecule has 0 aliphatic carbocycles. The highest BCUT2D eigenvalue weighted by Gasteiger charge is 2.56. The highest BCUT2D eigenvalue weighted by molar-refractivity contribution is 7.99. The number of carboxylic acids is 2. The van der Waals surface area contributed by atoms with Crippen LogP contribution in [0.15, 0.2) is 109 Å². The minimum atomic E-state index is -2.48. The van der Waals surface area contributed by atoms with Crippen molar-refractivity contribution in [3.63, 3.8) is 0 Å². The molecule has 0 saturated carbocycles. The van der Waals surface area contributed by atoms with Crippen LogP contribution in [-0.2, 0) is 42.9 Å². The SMILES string of the molecule is CC(=O)N[C@H]1[C@H]([C@H](O)[C@H](O)CNC(=O)c2ccc(-c3ccccc3)cc2)O[C@@](OCCCSCCNC(=O)CCC(N)C(=O)NCCSCCCO[C@]2(C(=O)O)C[C@H](O)C[C@H]([C@H](O)[C@H](O)CNC(=O)c3ccc(-c4ccccc4)cc3)O2)(C(=O)O)C[C@@H]1O. The summed E-state index contributed by atoms with van der Waals surface area (Å²) in [5, 5.41) is 99.1. The summed E-state index contributed by atoms with van der Waals surface area (Å²) in [7, 11) is 0. The zero-order valence-corrected chi connectivity index (χ0v) is 50.3. The normalized spacial score (nSPS) is 22.6. The summed E-state index contributed by atoms with van der Waals surface area (Å²) in [6.07, 6.45) is -13.4. The molecule has 2 saturated heterocycles. The van der Waals surface area contributed by atoms with Gasteiger partial charge in [0.2, 0.25) is 17.7 Å². The van der Waals surface area contributed by atoms with Crippen molar-refractivity contribution in [3.05, 3.63) is 120 Å². The molecule has 0 radical (unpaired) electrons. The van der Waals surface area contributed by atoms with Gasteiger partial charge in [-0.2, -0.15) is 23.5 Å². The molecular formula is C61H80N6O19S2. The van der Waals surface area contributed by atoms with Crippen molar-refractivity contribution in [3.8, 4) is 22.3 Å². The Bertz CT molecular complexity index is 2890. The molecule has 1 unspecified atom stereocenters. The van der Waals surface area contributed by atoms with Crippen molar-refractivity contribution in [2.45, 2.75) is 124 Å². The zero-order valence-electron chi connectivity index (χ0n) is 48.6. The molecule has 2 fully saturated rings. The van der Waals surface area contributed by atoms with Crippen LogP contribution in [0.2, 0.25) is 0 Å². The smallest absolute Gasteiger partial charge is 0.364 e. The number of nitrogens with one attached hydrogen (secondary N) is 5. The molecule has 4 aromatic rings. The standard InChI is InChI=1S/C61H80N6O19S2/c1-37(68)67-51-46(70)34-61(59(81)82,86-54(51)53(75)48(72)36-66-56(77)43-20-16-41(17-21-43)39-12-6-3-7-13-39)84-27-9-28-87-30-24-63-50(73)23-22-45(62)57(78)64-25-31-88-29-8-26-83-60(58(79)80)33-44(69)32-49(85-60)52(74)47(71)35-65-55(76)42-18-14-40(15-19-42)38-10-4-2-5-11-38/h2-7,10-21,44-49,51-54,69-72,74-75H,8-9,22-36,62H2,1H3,(H,63,73)(H,64,78)(H,65,76)(H,66,77)(H,67,68)(H,79,80)(H,81,82)/t44-,45?,46+,47-,48-,49-,51-,52-,53-,54-,60-,61-/m1/s1. The van der Waals surface area contributed by atoms with Crippen molar-refractivity contribution >= 4 is 65.0 Å². The van der Waals surface area contributed by atoms with Crippen molar-refractivity contribution < 1.29 is 93.4 Å². The number of aliphatic hydroxyl groups excluding tert-OH is 6. The number of ether oxygens (including phenoxy) is 4. The molecule has 0 spiro atoms. The van der Waals surface area contributed by atoms with E-state index in [-0.39, 0.29) is 57.0 Å². The third-order valence-electron chi connectivity index (χ3n) is 14.6. The highest BCUT2D eigenvalue weighted by Crippen LogP contribution is 2.35. The monoisotopic (exact) mass is 1260 g/mol. The first kappa shape index (κ1) is 70.5. The van der Waals surface area contributed by atoms with Crippen LogP contribution in [0.5, 0.6) is 0 Å². The van der Waals surface area contributed by atoms with E-state index in [2.05, 4.69) is 26.6 Å². The number of carbonyl (C=O) groups excluding carboxylic acids is 5. The van der Waals surface area contributed by atoms with Crippen LogP contribution >= 0.6 is 23.5 Å². The lowest BCUT2D eigenvalue weighted by Crippen LogP contribution is -2.68. The van der Waals surface area contributed by atoms with Crippen molar-refractivity contribution in [1.82, 2.24) is 26.6 Å². The number of rotatable bonds is 35. The predicted octanol–water partition coefficient (Wildman–Crippen LogP) is 1.000. The van der Waals surface area contributed by atoms with Crippen molar-refractivity contribution in [2.75, 3.05) is 62.4 Å². The maximum Gasteiger partial charge on any atom is 0.364 e. The molecule has 12 atom stereocenters. The Labute approximate surface area is 517 Å². The van der Waals surface area contributed by atoms with Crippen molar-refractivity contribution in [2.24, 2.45) is 5.73 Å². The summed E-state index contributed by atoms with van der Waals surface area (Å²) in [4.78, 5) is 88.2. The summed E-state index contributed by atoms with van der Waals surface area (Å²) in [5.74, 6) is -8.59. The van der Waals surface area contributed by atoms with E-state index in [0.29, 0.717) is 41.4 Å². The number of hydrogen-bond acceptors (Lipinski definition) is 20. The van der Waals surface area contributed by atoms with Crippen molar-refractivity contribution in [1.29, 1.82) is 0 Å². The number of aliphatic hydroxyl groups is 6. The lowest BCUT2D eigenvalue weighted by Gasteiger charge is -2.46. The molecule has 0 bridgehead atoms. The van der Waals surface area contributed by atoms with Gasteiger partial charge >= 0.3 is 11.9 Å². The molecule has 0 aromatic heterocycles. The van der Waals surface area contributed by atoms with Gasteiger partial charge in [0.1, 0.15) is 18.3 Å². The summed E-state index contributed by atoms with van der Waals surface area (Å²) in [6, 6.07) is 30.3. The number of hydrogen-bond donors (Lipinski definition) is 14. The van der Waals surface area contributed by atoms with Gasteiger partial charge in [-0.05, 0) is 77.3 Å². The van der Waals surface area contributed by atoms with E-state index in [0.717, 1.165) is 29.2 Å². The van der Waals surface area contributed by atoms with E-state index in [9.17, 15) is 74.4 Å². The lowest BCUT2D eigenvalue weighted by molar-refractivity contribution is -0.310. The Kier molecular flexibility index (Phi) is 28.0. The van der Waals surface area contributed by atoms with Crippen LogP contribution in [0.25, 0.3) is 22.3 Å². The number of carboxylic acid groups (broad SMARTS) is 2. The number of aliphatic carboxylic acids is 2. The van der Waals surface area contributed by atoms with E-state index in [1.54, 1.807) is 48.5 Å². The van der Waals surface area contributed by atoms with E-state index in [4.69, 9.17) is 24.7 Å². The van der Waals surface area contributed by atoms with Crippen LogP contribution in [0.4, 0.5) is 0 Å². The van der Waals surface area contributed by atoms with Crippen LogP contribution in [0.1, 0.15) is 72.6 Å². The molecular weight excluding hydrogens is 1180 g/mol. The Morgan fingerprint density at radius 2 is 1.08 bits per heavy atom. The van der Waals surface area contributed by atoms with Gasteiger partial charge in [-0.3, -0.25) is 24.0 Å². The molecule has 2 aliphatic heterocycles. The summed E-state index contributed by atoms with van der Waals surface area (Å²) >= 11 is 2.85. The predicted molar refractivity (Wildman–Crippen MR) is 325 cm³/mol.